The maximum absolute atomic E-state index is 9.97. The molecule has 4 nitrogen and oxygen atoms in total. The number of fused-ring (bicyclic) bond motifs is 1. The molecule has 0 amide bonds. The number of phenols is 1. The molecular weight excluding hydrogens is 272 g/mol. The van der Waals surface area contributed by atoms with Gasteiger partial charge in [-0.05, 0) is 35.8 Å². The lowest BCUT2D eigenvalue weighted by atomic mass is 9.93. The fourth-order valence-corrected chi connectivity index (χ4v) is 2.29. The number of aromatic hydroxyl groups is 1. The van der Waals surface area contributed by atoms with E-state index in [4.69, 9.17) is 11.6 Å². The second-order valence-corrected chi connectivity index (χ2v) is 4.96. The SMILES string of the molecule is Bc1cc(Cl)cc(/C=N/c2ccc3[nH]cnc3c2)c1O. The number of benzene rings is 2. The van der Waals surface area contributed by atoms with Crippen LogP contribution in [0.3, 0.4) is 0 Å². The molecule has 0 bridgehead atoms. The van der Waals surface area contributed by atoms with Crippen molar-refractivity contribution in [2.24, 2.45) is 4.99 Å². The highest BCUT2D eigenvalue weighted by Crippen LogP contribution is 2.21. The zero-order chi connectivity index (χ0) is 14.1. The van der Waals surface area contributed by atoms with Gasteiger partial charge in [-0.25, -0.2) is 4.98 Å². The first kappa shape index (κ1) is 12.8. The van der Waals surface area contributed by atoms with E-state index in [2.05, 4.69) is 15.0 Å². The van der Waals surface area contributed by atoms with Crippen molar-refractivity contribution in [3.63, 3.8) is 0 Å². The normalized spacial score (nSPS) is 11.4. The molecule has 0 aliphatic carbocycles. The molecule has 3 aromatic rings. The Kier molecular flexibility index (Phi) is 3.20. The van der Waals surface area contributed by atoms with E-state index in [1.807, 2.05) is 18.2 Å². The molecule has 20 heavy (non-hydrogen) atoms. The maximum Gasteiger partial charge on any atom is 0.144 e. The molecule has 0 aliphatic rings. The van der Waals surface area contributed by atoms with Crippen LogP contribution in [0.2, 0.25) is 5.02 Å². The second-order valence-electron chi connectivity index (χ2n) is 4.52. The Bertz CT molecular complexity index is 813. The first-order valence-electron chi connectivity index (χ1n) is 6.10. The number of hydrogen-bond donors (Lipinski definition) is 2. The number of aromatic nitrogens is 2. The van der Waals surface area contributed by atoms with Crippen molar-refractivity contribution in [1.82, 2.24) is 9.97 Å². The van der Waals surface area contributed by atoms with Crippen LogP contribution in [0.25, 0.3) is 11.0 Å². The minimum absolute atomic E-state index is 0.194. The number of hydrogen-bond acceptors (Lipinski definition) is 3. The van der Waals surface area contributed by atoms with Gasteiger partial charge in [0.2, 0.25) is 0 Å². The van der Waals surface area contributed by atoms with Crippen LogP contribution in [0.1, 0.15) is 5.56 Å². The molecule has 6 heteroatoms. The van der Waals surface area contributed by atoms with E-state index in [-0.39, 0.29) is 5.75 Å². The Labute approximate surface area is 121 Å². The summed E-state index contributed by atoms with van der Waals surface area (Å²) >= 11 is 5.98. The Morgan fingerprint density at radius 2 is 2.15 bits per heavy atom. The Morgan fingerprint density at radius 3 is 3.00 bits per heavy atom. The standard InChI is InChI=1S/C14H11BClN3O/c15-11-4-9(16)3-8(14(11)20)6-17-10-1-2-12-13(5-10)19-7-18-12/h1-7,20H,15H2,(H,18,19)/b17-6+. The lowest BCUT2D eigenvalue weighted by Gasteiger charge is -2.03. The number of imidazole rings is 1. The van der Waals surface area contributed by atoms with Gasteiger partial charge in [0.05, 0.1) is 23.0 Å². The number of phenolic OH excluding ortho intramolecular Hbond substituents is 1. The lowest BCUT2D eigenvalue weighted by molar-refractivity contribution is 0.479. The van der Waals surface area contributed by atoms with Crippen LogP contribution in [0.15, 0.2) is 41.7 Å². The number of nitrogens with one attached hydrogen (secondary N) is 1. The summed E-state index contributed by atoms with van der Waals surface area (Å²) in [6, 6.07) is 9.06. The molecule has 0 unspecified atom stereocenters. The van der Waals surface area contributed by atoms with Crippen molar-refractivity contribution in [2.45, 2.75) is 0 Å². The van der Waals surface area contributed by atoms with Gasteiger partial charge in [0.25, 0.3) is 0 Å². The summed E-state index contributed by atoms with van der Waals surface area (Å²) in [5.41, 5.74) is 3.90. The average Bonchev–Trinajstić information content (AvgIpc) is 2.88. The molecule has 1 heterocycles. The lowest BCUT2D eigenvalue weighted by Crippen LogP contribution is -2.04. The van der Waals surface area contributed by atoms with Crippen molar-refractivity contribution in [1.29, 1.82) is 0 Å². The molecule has 0 saturated carbocycles. The predicted molar refractivity (Wildman–Crippen MR) is 84.6 cm³/mol. The van der Waals surface area contributed by atoms with Gasteiger partial charge in [-0.1, -0.05) is 11.6 Å². The van der Waals surface area contributed by atoms with Crippen molar-refractivity contribution in [3.8, 4) is 5.75 Å². The molecule has 3 rings (SSSR count). The van der Waals surface area contributed by atoms with Crippen LogP contribution in [0, 0.1) is 0 Å². The summed E-state index contributed by atoms with van der Waals surface area (Å²) in [5.74, 6) is 0.194. The molecule has 0 aliphatic heterocycles. The number of nitrogens with zero attached hydrogens (tertiary/aromatic N) is 2. The summed E-state index contributed by atoms with van der Waals surface area (Å²) < 4.78 is 0. The van der Waals surface area contributed by atoms with E-state index in [9.17, 15) is 5.11 Å². The van der Waals surface area contributed by atoms with E-state index < -0.39 is 0 Å². The summed E-state index contributed by atoms with van der Waals surface area (Å²) in [4.78, 5) is 11.6. The minimum Gasteiger partial charge on any atom is -0.508 e. The number of halogens is 1. The predicted octanol–water partition coefficient (Wildman–Crippen LogP) is 1.93. The number of H-pyrrole nitrogens is 1. The summed E-state index contributed by atoms with van der Waals surface area (Å²) in [5, 5.41) is 10.5. The third-order valence-corrected chi connectivity index (χ3v) is 3.27. The molecule has 0 spiro atoms. The van der Waals surface area contributed by atoms with Gasteiger partial charge in [0, 0.05) is 16.8 Å². The van der Waals surface area contributed by atoms with Gasteiger partial charge in [0.15, 0.2) is 0 Å². The van der Waals surface area contributed by atoms with Crippen LogP contribution in [-0.4, -0.2) is 29.1 Å². The zero-order valence-electron chi connectivity index (χ0n) is 10.8. The fourth-order valence-electron chi connectivity index (χ4n) is 2.00. The highest BCUT2D eigenvalue weighted by atomic mass is 35.5. The van der Waals surface area contributed by atoms with Gasteiger partial charge < -0.3 is 10.1 Å². The topological polar surface area (TPSA) is 61.3 Å². The van der Waals surface area contributed by atoms with Gasteiger partial charge in [-0.15, -0.1) is 0 Å². The van der Waals surface area contributed by atoms with Crippen LogP contribution in [0.4, 0.5) is 5.69 Å². The quantitative estimate of drug-likeness (QED) is 0.558. The average molecular weight is 284 g/mol. The van der Waals surface area contributed by atoms with E-state index in [0.29, 0.717) is 10.6 Å². The molecule has 0 atom stereocenters. The zero-order valence-corrected chi connectivity index (χ0v) is 11.5. The monoisotopic (exact) mass is 283 g/mol. The van der Waals surface area contributed by atoms with Crippen molar-refractivity contribution < 1.29 is 5.11 Å². The molecule has 0 saturated heterocycles. The second kappa shape index (κ2) is 5.02. The molecular formula is C14H11BClN3O. The van der Waals surface area contributed by atoms with Crippen molar-refractivity contribution >= 4 is 47.8 Å². The molecule has 2 aromatic carbocycles. The summed E-state index contributed by atoms with van der Waals surface area (Å²) in [6.07, 6.45) is 3.24. The Balaban J connectivity index is 1.97. The molecule has 0 fully saturated rings. The highest BCUT2D eigenvalue weighted by Gasteiger charge is 2.04. The third kappa shape index (κ3) is 2.40. The number of aromatic amines is 1. The first-order valence-corrected chi connectivity index (χ1v) is 6.47. The number of aliphatic imine (C=N–C) groups is 1. The summed E-state index contributed by atoms with van der Waals surface area (Å²) in [6.45, 7) is 0. The largest absolute Gasteiger partial charge is 0.508 e. The highest BCUT2D eigenvalue weighted by molar-refractivity contribution is 6.38. The van der Waals surface area contributed by atoms with Crippen molar-refractivity contribution in [3.05, 3.63) is 47.2 Å². The van der Waals surface area contributed by atoms with Gasteiger partial charge >= 0.3 is 0 Å². The molecule has 2 N–H and O–H groups in total. The molecule has 98 valence electrons. The van der Waals surface area contributed by atoms with E-state index in [1.165, 1.54) is 0 Å². The molecule has 1 aromatic heterocycles. The summed E-state index contributed by atoms with van der Waals surface area (Å²) in [7, 11) is 1.80. The van der Waals surface area contributed by atoms with Crippen LogP contribution < -0.4 is 5.46 Å². The minimum atomic E-state index is 0.194. The van der Waals surface area contributed by atoms with E-state index >= 15 is 0 Å². The Hall–Kier alpha value is -2.27. The third-order valence-electron chi connectivity index (χ3n) is 3.05. The van der Waals surface area contributed by atoms with Crippen LogP contribution >= 0.6 is 11.6 Å². The van der Waals surface area contributed by atoms with Crippen LogP contribution in [-0.2, 0) is 0 Å². The number of rotatable bonds is 2. The first-order chi connectivity index (χ1) is 9.63. The van der Waals surface area contributed by atoms with Gasteiger partial charge in [-0.3, -0.25) is 4.99 Å². The smallest absolute Gasteiger partial charge is 0.144 e. The maximum atomic E-state index is 9.97. The van der Waals surface area contributed by atoms with Gasteiger partial charge in [0.1, 0.15) is 13.6 Å². The Morgan fingerprint density at radius 1 is 1.30 bits per heavy atom. The fraction of sp³-hybridized carbons (Fsp3) is 0. The molecule has 0 radical (unpaired) electrons. The van der Waals surface area contributed by atoms with Crippen LogP contribution in [0.5, 0.6) is 5.75 Å². The van der Waals surface area contributed by atoms with E-state index in [1.54, 1.807) is 32.5 Å². The van der Waals surface area contributed by atoms with E-state index in [0.717, 1.165) is 22.2 Å². The van der Waals surface area contributed by atoms with Crippen molar-refractivity contribution in [2.75, 3.05) is 0 Å². The van der Waals surface area contributed by atoms with Gasteiger partial charge in [-0.2, -0.15) is 0 Å².